The predicted octanol–water partition coefficient (Wildman–Crippen LogP) is 4.90. The lowest BCUT2D eigenvalue weighted by Gasteiger charge is -2.11. The first kappa shape index (κ1) is 14.7. The van der Waals surface area contributed by atoms with E-state index in [4.69, 9.17) is 16.9 Å². The molecule has 1 aromatic carbocycles. The third kappa shape index (κ3) is 3.65. The van der Waals surface area contributed by atoms with Gasteiger partial charge in [0.05, 0.1) is 11.1 Å². The molecule has 104 valence electrons. The van der Waals surface area contributed by atoms with Crippen molar-refractivity contribution >= 4 is 28.6 Å². The van der Waals surface area contributed by atoms with Crippen molar-refractivity contribution < 1.29 is 13.2 Å². The maximum atomic E-state index is 12.6. The SMILES string of the molecule is N#Cc1csc(CNc2cc(Cl)cc(C(F)(F)F)c2)c1. The summed E-state index contributed by atoms with van der Waals surface area (Å²) in [4.78, 5) is 0.857. The molecule has 1 heterocycles. The molecule has 1 aromatic heterocycles. The van der Waals surface area contributed by atoms with E-state index in [1.165, 1.54) is 17.4 Å². The Morgan fingerprint density at radius 3 is 2.60 bits per heavy atom. The van der Waals surface area contributed by atoms with E-state index in [9.17, 15) is 13.2 Å². The van der Waals surface area contributed by atoms with Crippen LogP contribution in [0.1, 0.15) is 16.0 Å². The van der Waals surface area contributed by atoms with Crippen molar-refractivity contribution in [3.63, 3.8) is 0 Å². The molecule has 0 aliphatic rings. The van der Waals surface area contributed by atoms with Crippen molar-refractivity contribution in [3.8, 4) is 6.07 Å². The Balaban J connectivity index is 2.13. The average Bonchev–Trinajstić information content (AvgIpc) is 2.82. The number of rotatable bonds is 3. The molecule has 0 aliphatic carbocycles. The molecule has 0 spiro atoms. The summed E-state index contributed by atoms with van der Waals surface area (Å²) in [6, 6.07) is 7.00. The normalized spacial score (nSPS) is 11.2. The predicted molar refractivity (Wildman–Crippen MR) is 72.8 cm³/mol. The molecule has 0 saturated heterocycles. The van der Waals surface area contributed by atoms with Gasteiger partial charge in [0.25, 0.3) is 0 Å². The van der Waals surface area contributed by atoms with Gasteiger partial charge in [-0.15, -0.1) is 11.3 Å². The van der Waals surface area contributed by atoms with Crippen LogP contribution in [0.25, 0.3) is 0 Å². The number of nitrogens with zero attached hydrogens (tertiary/aromatic N) is 1. The van der Waals surface area contributed by atoms with Crippen molar-refractivity contribution in [2.24, 2.45) is 0 Å². The van der Waals surface area contributed by atoms with Crippen molar-refractivity contribution in [2.45, 2.75) is 12.7 Å². The van der Waals surface area contributed by atoms with Gasteiger partial charge in [-0.3, -0.25) is 0 Å². The monoisotopic (exact) mass is 316 g/mol. The van der Waals surface area contributed by atoms with Crippen LogP contribution in [0.3, 0.4) is 0 Å². The van der Waals surface area contributed by atoms with Crippen LogP contribution >= 0.6 is 22.9 Å². The summed E-state index contributed by atoms with van der Waals surface area (Å²) >= 11 is 7.05. The third-order valence-corrected chi connectivity index (χ3v) is 3.63. The quantitative estimate of drug-likeness (QED) is 0.873. The van der Waals surface area contributed by atoms with Crippen LogP contribution in [0.15, 0.2) is 29.6 Å². The van der Waals surface area contributed by atoms with E-state index in [-0.39, 0.29) is 10.7 Å². The van der Waals surface area contributed by atoms with Gasteiger partial charge in [0.1, 0.15) is 6.07 Å². The maximum Gasteiger partial charge on any atom is 0.416 e. The first-order valence-electron chi connectivity index (χ1n) is 5.47. The molecule has 2 nitrogen and oxygen atoms in total. The molecule has 0 saturated carbocycles. The molecule has 0 amide bonds. The Hall–Kier alpha value is -1.71. The van der Waals surface area contributed by atoms with Gasteiger partial charge >= 0.3 is 6.18 Å². The lowest BCUT2D eigenvalue weighted by Crippen LogP contribution is -2.06. The number of nitrogens with one attached hydrogen (secondary N) is 1. The van der Waals surface area contributed by atoms with Crippen LogP contribution < -0.4 is 5.32 Å². The van der Waals surface area contributed by atoms with Crippen LogP contribution in [0, 0.1) is 11.3 Å². The van der Waals surface area contributed by atoms with Crippen molar-refractivity contribution in [1.82, 2.24) is 0 Å². The van der Waals surface area contributed by atoms with E-state index in [1.54, 1.807) is 11.4 Å². The topological polar surface area (TPSA) is 35.8 Å². The lowest BCUT2D eigenvalue weighted by molar-refractivity contribution is -0.137. The summed E-state index contributed by atoms with van der Waals surface area (Å²) in [5, 5.41) is 13.3. The minimum Gasteiger partial charge on any atom is -0.380 e. The second-order valence-electron chi connectivity index (χ2n) is 3.99. The summed E-state index contributed by atoms with van der Waals surface area (Å²) < 4.78 is 37.9. The number of halogens is 4. The van der Waals surface area contributed by atoms with Gasteiger partial charge in [0, 0.05) is 27.5 Å². The van der Waals surface area contributed by atoms with Gasteiger partial charge in [0.15, 0.2) is 0 Å². The van der Waals surface area contributed by atoms with Crippen molar-refractivity contribution in [3.05, 3.63) is 50.7 Å². The fourth-order valence-electron chi connectivity index (χ4n) is 1.58. The molecular weight excluding hydrogens is 309 g/mol. The molecule has 7 heteroatoms. The number of anilines is 1. The standard InChI is InChI=1S/C13H8ClF3N2S/c14-10-2-9(13(15,16)17)3-11(4-10)19-6-12-1-8(5-18)7-20-12/h1-4,7,19H,6H2. The Kier molecular flexibility index (Phi) is 4.21. The van der Waals surface area contributed by atoms with Crippen LogP contribution in [-0.2, 0) is 12.7 Å². The first-order chi connectivity index (χ1) is 9.38. The minimum absolute atomic E-state index is 0.0196. The van der Waals surface area contributed by atoms with Gasteiger partial charge in [-0.25, -0.2) is 0 Å². The second-order valence-corrected chi connectivity index (χ2v) is 5.43. The highest BCUT2D eigenvalue weighted by Gasteiger charge is 2.31. The Labute approximate surface area is 122 Å². The lowest BCUT2D eigenvalue weighted by atomic mass is 10.2. The van der Waals surface area contributed by atoms with Gasteiger partial charge < -0.3 is 5.32 Å². The van der Waals surface area contributed by atoms with Gasteiger partial charge in [-0.2, -0.15) is 18.4 Å². The molecule has 0 atom stereocenters. The molecule has 20 heavy (non-hydrogen) atoms. The molecule has 1 N–H and O–H groups in total. The average molecular weight is 317 g/mol. The van der Waals surface area contributed by atoms with E-state index in [1.807, 2.05) is 6.07 Å². The number of nitriles is 1. The number of benzene rings is 1. The van der Waals surface area contributed by atoms with Gasteiger partial charge in [0.2, 0.25) is 0 Å². The summed E-state index contributed by atoms with van der Waals surface area (Å²) in [5.41, 5.74) is 0.0296. The van der Waals surface area contributed by atoms with Gasteiger partial charge in [-0.1, -0.05) is 11.6 Å². The zero-order valence-electron chi connectivity index (χ0n) is 9.96. The molecule has 2 aromatic rings. The number of hydrogen-bond acceptors (Lipinski definition) is 3. The van der Waals surface area contributed by atoms with Crippen molar-refractivity contribution in [1.29, 1.82) is 5.26 Å². The Morgan fingerprint density at radius 1 is 1.25 bits per heavy atom. The Bertz CT molecular complexity index is 658. The highest BCUT2D eigenvalue weighted by atomic mass is 35.5. The summed E-state index contributed by atoms with van der Waals surface area (Å²) in [6.07, 6.45) is -4.43. The highest BCUT2D eigenvalue weighted by Crippen LogP contribution is 2.33. The molecule has 0 unspecified atom stereocenters. The van der Waals surface area contributed by atoms with E-state index in [0.717, 1.165) is 17.0 Å². The van der Waals surface area contributed by atoms with Crippen LogP contribution in [0.2, 0.25) is 5.02 Å². The summed E-state index contributed by atoms with van der Waals surface area (Å²) in [7, 11) is 0. The van der Waals surface area contributed by atoms with Crippen molar-refractivity contribution in [2.75, 3.05) is 5.32 Å². The Morgan fingerprint density at radius 2 is 2.00 bits per heavy atom. The summed E-state index contributed by atoms with van der Waals surface area (Å²) in [6.45, 7) is 0.337. The largest absolute Gasteiger partial charge is 0.416 e. The third-order valence-electron chi connectivity index (χ3n) is 2.47. The smallest absolute Gasteiger partial charge is 0.380 e. The van der Waals surface area contributed by atoms with Crippen LogP contribution in [0.5, 0.6) is 0 Å². The number of hydrogen-bond donors (Lipinski definition) is 1. The zero-order chi connectivity index (χ0) is 14.8. The molecule has 2 rings (SSSR count). The van der Waals surface area contributed by atoms with Crippen LogP contribution in [0.4, 0.5) is 18.9 Å². The van der Waals surface area contributed by atoms with Gasteiger partial charge in [-0.05, 0) is 24.3 Å². The molecule has 0 aliphatic heterocycles. The summed E-state index contributed by atoms with van der Waals surface area (Å²) in [5.74, 6) is 0. The number of thiophene rings is 1. The fraction of sp³-hybridized carbons (Fsp3) is 0.154. The maximum absolute atomic E-state index is 12.6. The highest BCUT2D eigenvalue weighted by molar-refractivity contribution is 7.10. The van der Waals surface area contributed by atoms with E-state index in [0.29, 0.717) is 12.1 Å². The zero-order valence-corrected chi connectivity index (χ0v) is 11.5. The second kappa shape index (κ2) is 5.73. The molecule has 0 fully saturated rings. The molecular formula is C13H8ClF3N2S. The molecule has 0 bridgehead atoms. The van der Waals surface area contributed by atoms with E-state index >= 15 is 0 Å². The fourth-order valence-corrected chi connectivity index (χ4v) is 2.56. The molecule has 0 radical (unpaired) electrons. The number of alkyl halides is 3. The van der Waals surface area contributed by atoms with E-state index < -0.39 is 11.7 Å². The van der Waals surface area contributed by atoms with E-state index in [2.05, 4.69) is 5.32 Å². The van der Waals surface area contributed by atoms with Crippen LogP contribution in [-0.4, -0.2) is 0 Å². The minimum atomic E-state index is -4.43. The first-order valence-corrected chi connectivity index (χ1v) is 6.73.